The van der Waals surface area contributed by atoms with Crippen LogP contribution in [0.3, 0.4) is 0 Å². The van der Waals surface area contributed by atoms with E-state index in [9.17, 15) is 9.00 Å². The molecular formula is C6H13NO4S. The van der Waals surface area contributed by atoms with Crippen molar-refractivity contribution in [1.29, 1.82) is 0 Å². The minimum atomic E-state index is -1.99. The van der Waals surface area contributed by atoms with E-state index in [1.165, 1.54) is 0 Å². The molecule has 72 valence electrons. The van der Waals surface area contributed by atoms with Gasteiger partial charge in [-0.25, -0.2) is 8.93 Å². The molecule has 0 aromatic carbocycles. The Morgan fingerprint density at radius 1 is 1.67 bits per heavy atom. The Morgan fingerprint density at radius 2 is 2.33 bits per heavy atom. The highest BCUT2D eigenvalue weighted by Gasteiger charge is 2.00. The number of hydrogen-bond donors (Lipinski definition) is 2. The molecule has 1 unspecified atom stereocenters. The summed E-state index contributed by atoms with van der Waals surface area (Å²) < 4.78 is 25.2. The van der Waals surface area contributed by atoms with E-state index < -0.39 is 11.3 Å². The molecule has 0 aromatic heterocycles. The van der Waals surface area contributed by atoms with Crippen LogP contribution in [0.2, 0.25) is 0 Å². The standard InChI is InChI=1S/C6H13NO4S/c1-2-11-6(8)4-3-5-7-12(9)10/h7H,2-5H2,1H3,(H,9,10). The van der Waals surface area contributed by atoms with Gasteiger partial charge in [-0.05, 0) is 13.3 Å². The average molecular weight is 195 g/mol. The smallest absolute Gasteiger partial charge is 0.305 e. The van der Waals surface area contributed by atoms with E-state index in [2.05, 4.69) is 9.46 Å². The Labute approximate surface area is 73.9 Å². The highest BCUT2D eigenvalue weighted by Crippen LogP contribution is 1.90. The van der Waals surface area contributed by atoms with E-state index >= 15 is 0 Å². The first kappa shape index (κ1) is 11.5. The number of nitrogens with one attached hydrogen (secondary N) is 1. The Bertz CT molecular complexity index is 162. The summed E-state index contributed by atoms with van der Waals surface area (Å²) in [6, 6.07) is 0. The quantitative estimate of drug-likeness (QED) is 0.357. The van der Waals surface area contributed by atoms with E-state index in [-0.39, 0.29) is 12.4 Å². The lowest BCUT2D eigenvalue weighted by Gasteiger charge is -2.00. The lowest BCUT2D eigenvalue weighted by Crippen LogP contribution is -2.18. The van der Waals surface area contributed by atoms with E-state index in [0.717, 1.165) is 0 Å². The number of carbonyl (C=O) groups is 1. The molecule has 0 aliphatic carbocycles. The molecule has 0 bridgehead atoms. The summed E-state index contributed by atoms with van der Waals surface area (Å²) in [6.07, 6.45) is 0.781. The van der Waals surface area contributed by atoms with Gasteiger partial charge in [-0.15, -0.1) is 0 Å². The van der Waals surface area contributed by atoms with Gasteiger partial charge in [0.2, 0.25) is 11.3 Å². The van der Waals surface area contributed by atoms with Crippen molar-refractivity contribution >= 4 is 17.2 Å². The highest BCUT2D eigenvalue weighted by molar-refractivity contribution is 7.77. The maximum absolute atomic E-state index is 10.7. The third kappa shape index (κ3) is 7.64. The number of rotatable bonds is 6. The van der Waals surface area contributed by atoms with Gasteiger partial charge in [0.25, 0.3) is 0 Å². The van der Waals surface area contributed by atoms with Crippen LogP contribution in [0, 0.1) is 0 Å². The highest BCUT2D eigenvalue weighted by atomic mass is 32.2. The Kier molecular flexibility index (Phi) is 6.93. The molecule has 6 heteroatoms. The van der Waals surface area contributed by atoms with Gasteiger partial charge < -0.3 is 4.74 Å². The zero-order valence-corrected chi connectivity index (χ0v) is 7.73. The lowest BCUT2D eigenvalue weighted by atomic mass is 10.3. The van der Waals surface area contributed by atoms with Crippen molar-refractivity contribution in [3.05, 3.63) is 0 Å². The van der Waals surface area contributed by atoms with Crippen LogP contribution in [0.5, 0.6) is 0 Å². The molecule has 0 saturated heterocycles. The van der Waals surface area contributed by atoms with Crippen LogP contribution in [-0.4, -0.2) is 27.9 Å². The molecule has 2 N–H and O–H groups in total. The molecule has 0 amide bonds. The van der Waals surface area contributed by atoms with Gasteiger partial charge in [0.15, 0.2) is 0 Å². The third-order valence-electron chi connectivity index (χ3n) is 1.09. The van der Waals surface area contributed by atoms with E-state index in [1.54, 1.807) is 6.92 Å². The van der Waals surface area contributed by atoms with Crippen LogP contribution in [0.4, 0.5) is 0 Å². The zero-order valence-electron chi connectivity index (χ0n) is 6.91. The van der Waals surface area contributed by atoms with Crippen LogP contribution in [0.25, 0.3) is 0 Å². The predicted octanol–water partition coefficient (Wildman–Crippen LogP) is 0.0560. The SMILES string of the molecule is CCOC(=O)CCCNS(=O)O. The fourth-order valence-corrected chi connectivity index (χ4v) is 0.944. The van der Waals surface area contributed by atoms with Gasteiger partial charge in [-0.1, -0.05) is 0 Å². The predicted molar refractivity (Wildman–Crippen MR) is 44.6 cm³/mol. The van der Waals surface area contributed by atoms with Crippen molar-refractivity contribution < 1.29 is 18.3 Å². The summed E-state index contributed by atoms with van der Waals surface area (Å²) in [5.74, 6) is -0.275. The third-order valence-corrected chi connectivity index (χ3v) is 1.54. The van der Waals surface area contributed by atoms with Gasteiger partial charge in [-0.2, -0.15) is 0 Å². The Balaban J connectivity index is 3.19. The summed E-state index contributed by atoms with van der Waals surface area (Å²) in [5.41, 5.74) is 0. The van der Waals surface area contributed by atoms with E-state index in [0.29, 0.717) is 19.6 Å². The normalized spacial score (nSPS) is 12.5. The van der Waals surface area contributed by atoms with Crippen LogP contribution in [0.1, 0.15) is 19.8 Å². The van der Waals surface area contributed by atoms with Crippen molar-refractivity contribution in [3.8, 4) is 0 Å². The molecule has 0 radical (unpaired) electrons. The maximum atomic E-state index is 10.7. The van der Waals surface area contributed by atoms with Gasteiger partial charge in [0.1, 0.15) is 0 Å². The number of carbonyl (C=O) groups excluding carboxylic acids is 1. The first-order valence-corrected chi connectivity index (χ1v) is 4.77. The van der Waals surface area contributed by atoms with Crippen molar-refractivity contribution in [2.45, 2.75) is 19.8 Å². The molecular weight excluding hydrogens is 182 g/mol. The van der Waals surface area contributed by atoms with Crippen molar-refractivity contribution in [1.82, 2.24) is 4.72 Å². The minimum absolute atomic E-state index is 0.275. The topological polar surface area (TPSA) is 75.6 Å². The largest absolute Gasteiger partial charge is 0.466 e. The molecule has 5 nitrogen and oxygen atoms in total. The van der Waals surface area contributed by atoms with Crippen molar-refractivity contribution in [2.75, 3.05) is 13.2 Å². The Hall–Kier alpha value is -0.460. The molecule has 0 aliphatic rings. The fourth-order valence-electron chi connectivity index (χ4n) is 0.625. The summed E-state index contributed by atoms with van der Waals surface area (Å²) in [4.78, 5) is 10.7. The second kappa shape index (κ2) is 7.20. The molecule has 12 heavy (non-hydrogen) atoms. The van der Waals surface area contributed by atoms with Gasteiger partial charge >= 0.3 is 5.97 Å². The molecule has 0 saturated carbocycles. The van der Waals surface area contributed by atoms with Gasteiger partial charge in [0, 0.05) is 13.0 Å². The second-order valence-corrected chi connectivity index (χ2v) is 2.84. The Morgan fingerprint density at radius 3 is 2.83 bits per heavy atom. The molecule has 0 heterocycles. The summed E-state index contributed by atoms with van der Waals surface area (Å²) >= 11 is -1.99. The fraction of sp³-hybridized carbons (Fsp3) is 0.833. The first-order chi connectivity index (χ1) is 5.66. The number of esters is 1. The average Bonchev–Trinajstić information content (AvgIpc) is 1.98. The summed E-state index contributed by atoms with van der Waals surface area (Å²) in [7, 11) is 0. The van der Waals surface area contributed by atoms with Crippen LogP contribution in [-0.2, 0) is 20.8 Å². The molecule has 0 aliphatic heterocycles. The van der Waals surface area contributed by atoms with Crippen molar-refractivity contribution in [2.24, 2.45) is 0 Å². The number of hydrogen-bond acceptors (Lipinski definition) is 3. The molecule has 0 spiro atoms. The number of ether oxygens (including phenoxy) is 1. The van der Waals surface area contributed by atoms with E-state index in [1.807, 2.05) is 0 Å². The summed E-state index contributed by atoms with van der Waals surface area (Å²) in [6.45, 7) is 2.44. The molecule has 0 fully saturated rings. The molecule has 0 aromatic rings. The minimum Gasteiger partial charge on any atom is -0.466 e. The molecule has 0 rings (SSSR count). The monoisotopic (exact) mass is 195 g/mol. The van der Waals surface area contributed by atoms with E-state index in [4.69, 9.17) is 4.55 Å². The zero-order chi connectivity index (χ0) is 9.40. The second-order valence-electron chi connectivity index (χ2n) is 2.05. The van der Waals surface area contributed by atoms with Crippen molar-refractivity contribution in [3.63, 3.8) is 0 Å². The van der Waals surface area contributed by atoms with Gasteiger partial charge in [0.05, 0.1) is 6.61 Å². The van der Waals surface area contributed by atoms with Crippen LogP contribution < -0.4 is 4.72 Å². The maximum Gasteiger partial charge on any atom is 0.305 e. The molecule has 1 atom stereocenters. The first-order valence-electron chi connectivity index (χ1n) is 3.66. The lowest BCUT2D eigenvalue weighted by molar-refractivity contribution is -0.143. The van der Waals surface area contributed by atoms with Crippen LogP contribution in [0.15, 0.2) is 0 Å². The van der Waals surface area contributed by atoms with Gasteiger partial charge in [-0.3, -0.25) is 9.35 Å². The van der Waals surface area contributed by atoms with Crippen LogP contribution >= 0.6 is 0 Å². The summed E-state index contributed by atoms with van der Waals surface area (Å²) in [5, 5.41) is 0.